The van der Waals surface area contributed by atoms with Gasteiger partial charge >= 0.3 is 0 Å². The lowest BCUT2D eigenvalue weighted by atomic mass is 9.93. The summed E-state index contributed by atoms with van der Waals surface area (Å²) < 4.78 is 0. The van der Waals surface area contributed by atoms with E-state index in [1.54, 1.807) is 0 Å². The highest BCUT2D eigenvalue weighted by molar-refractivity contribution is 5.84. The molecule has 1 fully saturated rings. The van der Waals surface area contributed by atoms with Crippen molar-refractivity contribution in [2.75, 3.05) is 19.6 Å². The van der Waals surface area contributed by atoms with E-state index in [9.17, 15) is 4.79 Å². The van der Waals surface area contributed by atoms with E-state index < -0.39 is 5.54 Å². The fraction of sp³-hybridized carbons (Fsp3) is 0.938. The lowest BCUT2D eigenvalue weighted by Gasteiger charge is -2.30. The van der Waals surface area contributed by atoms with Gasteiger partial charge in [0.05, 0.1) is 5.54 Å². The van der Waals surface area contributed by atoms with Crippen LogP contribution in [0, 0.1) is 5.92 Å². The molecule has 1 saturated carbocycles. The number of hydrogen-bond acceptors (Lipinski definition) is 3. The van der Waals surface area contributed by atoms with Crippen molar-refractivity contribution < 1.29 is 4.79 Å². The third-order valence-corrected chi connectivity index (χ3v) is 4.21. The summed E-state index contributed by atoms with van der Waals surface area (Å²) in [7, 11) is 0. The maximum Gasteiger partial charge on any atom is 0.237 e. The first-order chi connectivity index (χ1) is 9.37. The number of nitrogens with two attached hydrogens (primary N) is 1. The molecule has 1 unspecified atom stereocenters. The molecule has 1 aliphatic rings. The number of nitrogens with zero attached hydrogens (tertiary/aromatic N) is 1. The molecule has 20 heavy (non-hydrogen) atoms. The molecule has 0 radical (unpaired) electrons. The van der Waals surface area contributed by atoms with Crippen molar-refractivity contribution in [3.8, 4) is 0 Å². The number of unbranched alkanes of at least 4 members (excludes halogenated alkanes) is 1. The van der Waals surface area contributed by atoms with E-state index in [4.69, 9.17) is 5.73 Å². The van der Waals surface area contributed by atoms with Crippen molar-refractivity contribution in [3.63, 3.8) is 0 Å². The molecule has 4 nitrogen and oxygen atoms in total. The molecule has 118 valence electrons. The van der Waals surface area contributed by atoms with Crippen molar-refractivity contribution in [1.82, 2.24) is 10.2 Å². The van der Waals surface area contributed by atoms with Gasteiger partial charge in [0, 0.05) is 12.6 Å². The maximum absolute atomic E-state index is 11.6. The van der Waals surface area contributed by atoms with Gasteiger partial charge < -0.3 is 16.0 Å². The van der Waals surface area contributed by atoms with Crippen LogP contribution in [0.4, 0.5) is 0 Å². The first-order valence-electron chi connectivity index (χ1n) is 8.17. The van der Waals surface area contributed by atoms with Gasteiger partial charge in [-0.3, -0.25) is 4.79 Å². The lowest BCUT2D eigenvalue weighted by molar-refractivity contribution is -0.124. The molecular formula is C16H33N3O. The van der Waals surface area contributed by atoms with Crippen molar-refractivity contribution in [2.45, 2.75) is 71.4 Å². The van der Waals surface area contributed by atoms with Crippen LogP contribution >= 0.6 is 0 Å². The third-order valence-electron chi connectivity index (χ3n) is 4.21. The molecule has 0 bridgehead atoms. The second kappa shape index (κ2) is 7.99. The first-order valence-corrected chi connectivity index (χ1v) is 8.17. The highest BCUT2D eigenvalue weighted by atomic mass is 16.1. The SMILES string of the molecule is CCN(CCCCC(C)(NC(C)C)C(N)=O)CC1CC1. The summed E-state index contributed by atoms with van der Waals surface area (Å²) in [5, 5.41) is 3.31. The molecule has 1 aliphatic carbocycles. The number of hydrogen-bond donors (Lipinski definition) is 2. The van der Waals surface area contributed by atoms with Crippen LogP contribution in [0.3, 0.4) is 0 Å². The van der Waals surface area contributed by atoms with Crippen LogP contribution in [-0.4, -0.2) is 42.0 Å². The maximum atomic E-state index is 11.6. The van der Waals surface area contributed by atoms with Crippen LogP contribution in [0.5, 0.6) is 0 Å². The van der Waals surface area contributed by atoms with E-state index in [1.807, 2.05) is 6.92 Å². The third kappa shape index (κ3) is 6.23. The zero-order chi connectivity index (χ0) is 15.2. The quantitative estimate of drug-likeness (QED) is 0.571. The zero-order valence-electron chi connectivity index (χ0n) is 13.7. The smallest absolute Gasteiger partial charge is 0.237 e. The molecule has 0 aromatic rings. The van der Waals surface area contributed by atoms with E-state index in [0.717, 1.165) is 38.3 Å². The van der Waals surface area contributed by atoms with Crippen molar-refractivity contribution >= 4 is 5.91 Å². The number of amides is 1. The summed E-state index contributed by atoms with van der Waals surface area (Å²) in [5.41, 5.74) is 4.98. The van der Waals surface area contributed by atoms with Gasteiger partial charge in [0.2, 0.25) is 5.91 Å². The Morgan fingerprint density at radius 2 is 2.05 bits per heavy atom. The molecular weight excluding hydrogens is 250 g/mol. The number of carbonyl (C=O) groups is 1. The average molecular weight is 283 g/mol. The largest absolute Gasteiger partial charge is 0.368 e. The van der Waals surface area contributed by atoms with E-state index in [0.29, 0.717) is 0 Å². The van der Waals surface area contributed by atoms with E-state index >= 15 is 0 Å². The molecule has 1 atom stereocenters. The number of nitrogens with one attached hydrogen (secondary N) is 1. The summed E-state index contributed by atoms with van der Waals surface area (Å²) in [6.45, 7) is 11.8. The molecule has 3 N–H and O–H groups in total. The van der Waals surface area contributed by atoms with Gasteiger partial charge in [-0.15, -0.1) is 0 Å². The molecule has 0 aliphatic heterocycles. The van der Waals surface area contributed by atoms with Gasteiger partial charge in [-0.05, 0) is 71.9 Å². The molecule has 1 amide bonds. The Kier molecular flexibility index (Phi) is 6.96. The van der Waals surface area contributed by atoms with Gasteiger partial charge in [0.25, 0.3) is 0 Å². The summed E-state index contributed by atoms with van der Waals surface area (Å²) in [5.74, 6) is 0.713. The van der Waals surface area contributed by atoms with Crippen LogP contribution in [-0.2, 0) is 4.79 Å². The molecule has 0 aromatic heterocycles. The van der Waals surface area contributed by atoms with Gasteiger partial charge in [-0.25, -0.2) is 0 Å². The predicted molar refractivity (Wildman–Crippen MR) is 84.6 cm³/mol. The van der Waals surface area contributed by atoms with Crippen molar-refractivity contribution in [2.24, 2.45) is 11.7 Å². The van der Waals surface area contributed by atoms with E-state index in [1.165, 1.54) is 19.4 Å². The van der Waals surface area contributed by atoms with Crippen LogP contribution in [0.1, 0.15) is 59.8 Å². The fourth-order valence-electron chi connectivity index (χ4n) is 2.76. The second-order valence-corrected chi connectivity index (χ2v) is 6.79. The Balaban J connectivity index is 2.26. The Morgan fingerprint density at radius 1 is 1.40 bits per heavy atom. The van der Waals surface area contributed by atoms with Crippen LogP contribution < -0.4 is 11.1 Å². The Morgan fingerprint density at radius 3 is 2.50 bits per heavy atom. The minimum absolute atomic E-state index is 0.239. The number of carbonyl (C=O) groups excluding carboxylic acids is 1. The van der Waals surface area contributed by atoms with Crippen LogP contribution in [0.15, 0.2) is 0 Å². The van der Waals surface area contributed by atoms with E-state index in [-0.39, 0.29) is 11.9 Å². The summed E-state index contributed by atoms with van der Waals surface area (Å²) in [6.07, 6.45) is 5.83. The normalized spacial score (nSPS) is 18.5. The monoisotopic (exact) mass is 283 g/mol. The minimum atomic E-state index is -0.568. The van der Waals surface area contributed by atoms with E-state index in [2.05, 4.69) is 31.0 Å². The lowest BCUT2D eigenvalue weighted by Crippen LogP contribution is -2.55. The molecule has 0 spiro atoms. The molecule has 4 heteroatoms. The summed E-state index contributed by atoms with van der Waals surface area (Å²) >= 11 is 0. The van der Waals surface area contributed by atoms with Crippen LogP contribution in [0.2, 0.25) is 0 Å². The Labute approximate surface area is 124 Å². The number of rotatable bonds is 11. The Hall–Kier alpha value is -0.610. The molecule has 0 aromatic carbocycles. The number of primary amides is 1. The minimum Gasteiger partial charge on any atom is -0.368 e. The highest BCUT2D eigenvalue weighted by Crippen LogP contribution is 2.29. The predicted octanol–water partition coefficient (Wildman–Crippen LogP) is 2.13. The van der Waals surface area contributed by atoms with Gasteiger partial charge in [0.15, 0.2) is 0 Å². The van der Waals surface area contributed by atoms with Gasteiger partial charge in [0.1, 0.15) is 0 Å². The Bertz CT molecular complexity index is 302. The van der Waals surface area contributed by atoms with Gasteiger partial charge in [-0.1, -0.05) is 6.92 Å². The van der Waals surface area contributed by atoms with Crippen LogP contribution in [0.25, 0.3) is 0 Å². The average Bonchev–Trinajstić information content (AvgIpc) is 3.15. The fourth-order valence-corrected chi connectivity index (χ4v) is 2.76. The standard InChI is InChI=1S/C16H33N3O/c1-5-19(12-14-8-9-14)11-7-6-10-16(4,15(17)20)18-13(2)3/h13-14,18H,5-12H2,1-4H3,(H2,17,20). The summed E-state index contributed by atoms with van der Waals surface area (Å²) in [6, 6.07) is 0.273. The van der Waals surface area contributed by atoms with Gasteiger partial charge in [-0.2, -0.15) is 0 Å². The molecule has 1 rings (SSSR count). The first kappa shape index (κ1) is 17.4. The summed E-state index contributed by atoms with van der Waals surface area (Å²) in [4.78, 5) is 14.2. The second-order valence-electron chi connectivity index (χ2n) is 6.79. The van der Waals surface area contributed by atoms with Crippen molar-refractivity contribution in [1.29, 1.82) is 0 Å². The molecule has 0 saturated heterocycles. The highest BCUT2D eigenvalue weighted by Gasteiger charge is 2.30. The zero-order valence-corrected chi connectivity index (χ0v) is 13.7. The van der Waals surface area contributed by atoms with Crippen molar-refractivity contribution in [3.05, 3.63) is 0 Å². The molecule has 0 heterocycles. The topological polar surface area (TPSA) is 58.4 Å².